The number of aryl methyl sites for hydroxylation is 1. The molecule has 0 saturated carbocycles. The van der Waals surface area contributed by atoms with Crippen molar-refractivity contribution in [2.45, 2.75) is 13.5 Å². The quantitative estimate of drug-likeness (QED) is 0.748. The number of benzene rings is 1. The van der Waals surface area contributed by atoms with E-state index in [1.807, 2.05) is 18.0 Å². The average molecular weight is 337 g/mol. The molecule has 0 aliphatic rings. The van der Waals surface area contributed by atoms with Gasteiger partial charge in [0.25, 0.3) is 0 Å². The summed E-state index contributed by atoms with van der Waals surface area (Å²) in [5.41, 5.74) is 15.0. The molecule has 0 spiro atoms. The first-order valence-corrected chi connectivity index (χ1v) is 7.51. The van der Waals surface area contributed by atoms with E-state index in [1.165, 1.54) is 0 Å². The van der Waals surface area contributed by atoms with Gasteiger partial charge in [-0.25, -0.2) is 15.5 Å². The number of nitrogens with zero attached hydrogens (tertiary/aromatic N) is 5. The monoisotopic (exact) mass is 337 g/mol. The minimum Gasteiger partial charge on any atom is -0.487 e. The zero-order valence-electron chi connectivity index (χ0n) is 14.1. The second kappa shape index (κ2) is 8.40. The number of aromatic nitrogens is 2. The molecule has 0 aliphatic heterocycles. The van der Waals surface area contributed by atoms with Gasteiger partial charge in [0, 0.05) is 31.6 Å². The lowest BCUT2D eigenvalue weighted by Gasteiger charge is -2.16. The van der Waals surface area contributed by atoms with Crippen molar-refractivity contribution in [2.24, 2.45) is 5.11 Å². The molecule has 0 fully saturated rings. The number of rotatable bonds is 7. The highest BCUT2D eigenvalue weighted by molar-refractivity contribution is 5.37. The van der Waals surface area contributed by atoms with Gasteiger partial charge in [-0.05, 0) is 31.2 Å². The molecule has 1 aromatic carbocycles. The van der Waals surface area contributed by atoms with Crippen LogP contribution in [0.1, 0.15) is 17.0 Å². The van der Waals surface area contributed by atoms with Crippen molar-refractivity contribution < 1.29 is 4.74 Å². The van der Waals surface area contributed by atoms with Crippen molar-refractivity contribution in [3.05, 3.63) is 59.3 Å². The van der Waals surface area contributed by atoms with Crippen molar-refractivity contribution in [3.63, 3.8) is 0 Å². The van der Waals surface area contributed by atoms with Crippen LogP contribution in [-0.4, -0.2) is 28.5 Å². The molecule has 2 aromatic rings. The maximum absolute atomic E-state index is 8.78. The van der Waals surface area contributed by atoms with E-state index >= 15 is 0 Å². The van der Waals surface area contributed by atoms with E-state index in [-0.39, 0.29) is 6.61 Å². The van der Waals surface area contributed by atoms with Crippen LogP contribution >= 0.6 is 0 Å². The zero-order chi connectivity index (χ0) is 18.2. The SMILES string of the molecule is Cc1ncc(CN(C)C=C(COc2ccc(C#N)cc2)N=N)c(N)n1. The van der Waals surface area contributed by atoms with Crippen molar-refractivity contribution in [3.8, 4) is 11.8 Å². The van der Waals surface area contributed by atoms with Crippen LogP contribution in [-0.2, 0) is 6.54 Å². The summed E-state index contributed by atoms with van der Waals surface area (Å²) in [6.45, 7) is 2.41. The third kappa shape index (κ3) is 5.28. The molecule has 0 amide bonds. The fraction of sp³-hybridized carbons (Fsp3) is 0.235. The molecule has 128 valence electrons. The molecule has 0 unspecified atom stereocenters. The number of hydrogen-bond donors (Lipinski definition) is 2. The number of nitrogens with one attached hydrogen (secondary N) is 1. The molecular weight excluding hydrogens is 318 g/mol. The second-order valence-electron chi connectivity index (χ2n) is 5.40. The first-order valence-electron chi connectivity index (χ1n) is 7.51. The lowest BCUT2D eigenvalue weighted by molar-refractivity contribution is 0.341. The smallest absolute Gasteiger partial charge is 0.134 e. The van der Waals surface area contributed by atoms with Crippen molar-refractivity contribution >= 4 is 5.82 Å². The van der Waals surface area contributed by atoms with Crippen molar-refractivity contribution in [1.82, 2.24) is 14.9 Å². The van der Waals surface area contributed by atoms with Crippen LogP contribution in [0.5, 0.6) is 5.75 Å². The van der Waals surface area contributed by atoms with E-state index in [4.69, 9.17) is 21.3 Å². The van der Waals surface area contributed by atoms with Crippen molar-refractivity contribution in [1.29, 1.82) is 10.8 Å². The molecule has 0 bridgehead atoms. The van der Waals surface area contributed by atoms with Crippen LogP contribution in [0.15, 0.2) is 47.5 Å². The Morgan fingerprint density at radius 3 is 2.76 bits per heavy atom. The Bertz CT molecular complexity index is 809. The van der Waals surface area contributed by atoms with Gasteiger partial charge in [-0.3, -0.25) is 0 Å². The summed E-state index contributed by atoms with van der Waals surface area (Å²) >= 11 is 0. The molecular formula is C17H19N7O. The fourth-order valence-corrected chi connectivity index (χ4v) is 2.08. The first kappa shape index (κ1) is 17.9. The third-order valence-electron chi connectivity index (χ3n) is 3.32. The molecule has 0 saturated heterocycles. The van der Waals surface area contributed by atoms with E-state index in [2.05, 4.69) is 15.1 Å². The molecule has 8 nitrogen and oxygen atoms in total. The molecule has 1 aromatic heterocycles. The molecule has 0 aliphatic carbocycles. The Kier molecular flexibility index (Phi) is 6.01. The predicted molar refractivity (Wildman–Crippen MR) is 92.5 cm³/mol. The Hall–Kier alpha value is -3.47. The van der Waals surface area contributed by atoms with Crippen LogP contribution in [0.25, 0.3) is 0 Å². The second-order valence-corrected chi connectivity index (χ2v) is 5.40. The summed E-state index contributed by atoms with van der Waals surface area (Å²) < 4.78 is 5.58. The predicted octanol–water partition coefficient (Wildman–Crippen LogP) is 2.62. The van der Waals surface area contributed by atoms with Crippen LogP contribution in [0, 0.1) is 23.8 Å². The standard InChI is InChI=1S/C17H19N7O/c1-12-21-8-14(17(19)22-12)9-24(2)10-15(23-20)11-25-16-5-3-13(7-18)4-6-16/h3-6,8,10,20H,9,11H2,1-2H3,(H2,19,21,22). The zero-order valence-corrected chi connectivity index (χ0v) is 14.1. The van der Waals surface area contributed by atoms with E-state index in [0.29, 0.717) is 35.2 Å². The summed E-state index contributed by atoms with van der Waals surface area (Å²) in [4.78, 5) is 10.1. The van der Waals surface area contributed by atoms with Crippen molar-refractivity contribution in [2.75, 3.05) is 19.4 Å². The maximum atomic E-state index is 8.78. The lowest BCUT2D eigenvalue weighted by atomic mass is 10.2. The minimum atomic E-state index is 0.139. The van der Waals surface area contributed by atoms with Gasteiger partial charge in [-0.15, -0.1) is 0 Å². The van der Waals surface area contributed by atoms with E-state index in [9.17, 15) is 0 Å². The van der Waals surface area contributed by atoms with E-state index < -0.39 is 0 Å². The molecule has 25 heavy (non-hydrogen) atoms. The highest BCUT2D eigenvalue weighted by Gasteiger charge is 2.06. The van der Waals surface area contributed by atoms with E-state index in [1.54, 1.807) is 43.6 Å². The molecule has 2 rings (SSSR count). The Labute approximate surface area is 146 Å². The molecule has 0 atom stereocenters. The third-order valence-corrected chi connectivity index (χ3v) is 3.32. The summed E-state index contributed by atoms with van der Waals surface area (Å²) in [6, 6.07) is 8.79. The number of nitrogen functional groups attached to an aromatic ring is 1. The van der Waals surface area contributed by atoms with Crippen LogP contribution in [0.2, 0.25) is 0 Å². The lowest BCUT2D eigenvalue weighted by Crippen LogP contribution is -2.15. The highest BCUT2D eigenvalue weighted by Crippen LogP contribution is 2.14. The van der Waals surface area contributed by atoms with Gasteiger partial charge < -0.3 is 15.4 Å². The van der Waals surface area contributed by atoms with Gasteiger partial charge in [-0.2, -0.15) is 10.4 Å². The average Bonchev–Trinajstić information content (AvgIpc) is 2.61. The van der Waals surface area contributed by atoms with Crippen LogP contribution in [0.3, 0.4) is 0 Å². The van der Waals surface area contributed by atoms with Crippen LogP contribution < -0.4 is 10.5 Å². The number of nitriles is 1. The summed E-state index contributed by atoms with van der Waals surface area (Å²) in [6.07, 6.45) is 3.39. The maximum Gasteiger partial charge on any atom is 0.134 e. The molecule has 8 heteroatoms. The van der Waals surface area contributed by atoms with Gasteiger partial charge in [0.1, 0.15) is 29.7 Å². The Morgan fingerprint density at radius 2 is 2.16 bits per heavy atom. The topological polar surface area (TPSA) is 124 Å². The Morgan fingerprint density at radius 1 is 1.44 bits per heavy atom. The van der Waals surface area contributed by atoms with Crippen LogP contribution in [0.4, 0.5) is 5.82 Å². The number of ether oxygens (including phenoxy) is 1. The fourth-order valence-electron chi connectivity index (χ4n) is 2.08. The first-order chi connectivity index (χ1) is 12.0. The summed E-state index contributed by atoms with van der Waals surface area (Å²) in [5.74, 6) is 1.66. The van der Waals surface area contributed by atoms with E-state index in [0.717, 1.165) is 5.56 Å². The minimum absolute atomic E-state index is 0.139. The molecule has 0 radical (unpaired) electrons. The number of anilines is 1. The number of nitrogens with two attached hydrogens (primary N) is 1. The molecule has 3 N–H and O–H groups in total. The highest BCUT2D eigenvalue weighted by atomic mass is 16.5. The summed E-state index contributed by atoms with van der Waals surface area (Å²) in [7, 11) is 1.84. The number of hydrogen-bond acceptors (Lipinski definition) is 8. The van der Waals surface area contributed by atoms with Gasteiger partial charge in [-0.1, -0.05) is 0 Å². The largest absolute Gasteiger partial charge is 0.487 e. The van der Waals surface area contributed by atoms with Gasteiger partial charge in [0.05, 0.1) is 11.6 Å². The normalized spacial score (nSPS) is 10.8. The van der Waals surface area contributed by atoms with Gasteiger partial charge in [0.2, 0.25) is 0 Å². The Balaban J connectivity index is 1.98. The van der Waals surface area contributed by atoms with Gasteiger partial charge in [0.15, 0.2) is 0 Å². The summed E-state index contributed by atoms with van der Waals surface area (Å²) in [5, 5.41) is 12.3. The molecule has 1 heterocycles. The van der Waals surface area contributed by atoms with Gasteiger partial charge >= 0.3 is 0 Å².